The minimum atomic E-state index is -4.94. The summed E-state index contributed by atoms with van der Waals surface area (Å²) in [5, 5.41) is 14.2. The highest BCUT2D eigenvalue weighted by atomic mass is 19.4. The van der Waals surface area contributed by atoms with Crippen LogP contribution < -0.4 is 11.1 Å². The fourth-order valence-corrected chi connectivity index (χ4v) is 2.99. The lowest BCUT2D eigenvalue weighted by atomic mass is 10.0. The number of carboxylic acids is 1. The Bertz CT molecular complexity index is 1360. The van der Waals surface area contributed by atoms with Crippen LogP contribution in [0.15, 0.2) is 36.4 Å². The Balaban J connectivity index is 0.000000308. The molecule has 0 saturated carbocycles. The van der Waals surface area contributed by atoms with E-state index in [1.165, 1.54) is 25.1 Å². The van der Waals surface area contributed by atoms with E-state index in [-0.39, 0.29) is 22.3 Å². The van der Waals surface area contributed by atoms with Crippen molar-refractivity contribution in [3.8, 4) is 5.69 Å². The van der Waals surface area contributed by atoms with Gasteiger partial charge in [0, 0.05) is 18.1 Å². The summed E-state index contributed by atoms with van der Waals surface area (Å²) in [6.45, 7) is 2.34. The lowest BCUT2D eigenvalue weighted by Gasteiger charge is -2.10. The third-order valence-electron chi connectivity index (χ3n) is 4.65. The third-order valence-corrected chi connectivity index (χ3v) is 4.65. The minimum absolute atomic E-state index is 0.0704. The molecule has 204 valence electrons. The zero-order valence-corrected chi connectivity index (χ0v) is 19.4. The fourth-order valence-electron chi connectivity index (χ4n) is 2.99. The van der Waals surface area contributed by atoms with Crippen LogP contribution in [0.25, 0.3) is 5.69 Å². The molecule has 38 heavy (non-hydrogen) atoms. The molecule has 0 fully saturated rings. The van der Waals surface area contributed by atoms with Gasteiger partial charge in [0.2, 0.25) is 17.8 Å². The van der Waals surface area contributed by atoms with Crippen molar-refractivity contribution in [2.45, 2.75) is 32.6 Å². The van der Waals surface area contributed by atoms with Crippen LogP contribution in [-0.2, 0) is 11.0 Å². The molecule has 2 aromatic carbocycles. The Morgan fingerprint density at radius 2 is 1.68 bits per heavy atom. The molecule has 16 heteroatoms. The Labute approximate surface area is 209 Å². The number of rotatable bonds is 6. The number of amides is 2. The van der Waals surface area contributed by atoms with E-state index >= 15 is 0 Å². The van der Waals surface area contributed by atoms with Crippen LogP contribution in [-0.4, -0.2) is 44.1 Å². The number of anilines is 1. The van der Waals surface area contributed by atoms with Gasteiger partial charge in [-0.15, -0.1) is 5.10 Å². The fraction of sp³-hybridized carbons (Fsp3) is 0.227. The number of alkyl halides is 6. The maximum absolute atomic E-state index is 14.1. The average molecular weight is 549 g/mol. The Morgan fingerprint density at radius 3 is 2.18 bits per heavy atom. The number of hydrogen-bond acceptors (Lipinski definition) is 5. The number of carbonyl (C=O) groups excluding carboxylic acids is 2. The van der Waals surface area contributed by atoms with Crippen molar-refractivity contribution in [3.05, 3.63) is 70.3 Å². The molecule has 0 spiro atoms. The molecular formula is C22H18F7N5O4. The summed E-state index contributed by atoms with van der Waals surface area (Å²) < 4.78 is 89.8. The van der Waals surface area contributed by atoms with E-state index in [0.29, 0.717) is 4.68 Å². The van der Waals surface area contributed by atoms with Gasteiger partial charge in [-0.1, -0.05) is 18.2 Å². The van der Waals surface area contributed by atoms with E-state index in [1.54, 1.807) is 0 Å². The number of nitrogens with one attached hydrogen (secondary N) is 1. The zero-order valence-electron chi connectivity index (χ0n) is 19.4. The van der Waals surface area contributed by atoms with Crippen molar-refractivity contribution in [2.24, 2.45) is 5.73 Å². The number of aryl methyl sites for hydroxylation is 1. The number of hydrogen-bond donors (Lipinski definition) is 3. The quantitative estimate of drug-likeness (QED) is 0.388. The Morgan fingerprint density at radius 1 is 1.08 bits per heavy atom. The Kier molecular flexibility index (Phi) is 9.15. The van der Waals surface area contributed by atoms with Crippen LogP contribution in [0.2, 0.25) is 0 Å². The number of carbonyl (C=O) groups is 3. The molecule has 3 aromatic rings. The van der Waals surface area contributed by atoms with Crippen molar-refractivity contribution in [2.75, 3.05) is 5.32 Å². The van der Waals surface area contributed by atoms with E-state index in [0.717, 1.165) is 25.1 Å². The predicted molar refractivity (Wildman–Crippen MR) is 117 cm³/mol. The van der Waals surface area contributed by atoms with E-state index in [9.17, 15) is 45.1 Å². The number of aromatic nitrogens is 3. The summed E-state index contributed by atoms with van der Waals surface area (Å²) in [5.74, 6) is -6.39. The normalized spacial score (nSPS) is 11.9. The molecule has 0 saturated heterocycles. The van der Waals surface area contributed by atoms with Gasteiger partial charge in [0.25, 0.3) is 12.2 Å². The van der Waals surface area contributed by atoms with Gasteiger partial charge in [-0.25, -0.2) is 22.4 Å². The first-order valence-electron chi connectivity index (χ1n) is 10.2. The van der Waals surface area contributed by atoms with Gasteiger partial charge in [-0.2, -0.15) is 22.8 Å². The molecule has 1 atom stereocenters. The van der Waals surface area contributed by atoms with E-state index in [2.05, 4.69) is 10.1 Å². The van der Waals surface area contributed by atoms with E-state index < -0.39 is 59.8 Å². The number of carboxylic acid groups (broad SMARTS) is 1. The van der Waals surface area contributed by atoms with Crippen LogP contribution >= 0.6 is 0 Å². The molecule has 0 bridgehead atoms. The number of nitrogens with zero attached hydrogens (tertiary/aromatic N) is 3. The van der Waals surface area contributed by atoms with Gasteiger partial charge in [0.1, 0.15) is 11.5 Å². The van der Waals surface area contributed by atoms with Crippen molar-refractivity contribution in [1.82, 2.24) is 14.8 Å². The molecule has 2 amide bonds. The molecule has 3 rings (SSSR count). The highest BCUT2D eigenvalue weighted by Gasteiger charge is 2.38. The second-order valence-corrected chi connectivity index (χ2v) is 7.46. The zero-order chi connectivity index (χ0) is 28.9. The highest BCUT2D eigenvalue weighted by molar-refractivity contribution is 5.94. The van der Waals surface area contributed by atoms with Crippen LogP contribution in [0.3, 0.4) is 0 Å². The summed E-state index contributed by atoms with van der Waals surface area (Å²) in [4.78, 5) is 36.1. The third kappa shape index (κ3) is 7.04. The standard InChI is InChI=1S/C13H10F4N4O3.C9H8F3NO/c1-5-3-8(14)9(4-7(5)10(23)24)21-12(18-6(2)22)19-11(20-21)13(15,16)17;10-7(8(11)12)5-3-1-2-4-6(5)9(13)14/h3-4H,1-2H3,(H,23,24)(H,18,19,20,22);1-4,7-8H,(H2,13,14). The van der Waals surface area contributed by atoms with Gasteiger partial charge < -0.3 is 10.8 Å². The molecule has 4 N–H and O–H groups in total. The molecular weight excluding hydrogens is 531 g/mol. The van der Waals surface area contributed by atoms with Crippen LogP contribution in [0.1, 0.15) is 50.8 Å². The average Bonchev–Trinajstić information content (AvgIpc) is 3.22. The van der Waals surface area contributed by atoms with Crippen LogP contribution in [0.4, 0.5) is 36.7 Å². The number of primary amides is 1. The molecule has 9 nitrogen and oxygen atoms in total. The van der Waals surface area contributed by atoms with Crippen LogP contribution in [0.5, 0.6) is 0 Å². The first kappa shape index (κ1) is 29.7. The van der Waals surface area contributed by atoms with E-state index in [1.807, 2.05) is 5.32 Å². The first-order chi connectivity index (χ1) is 17.5. The molecule has 0 aliphatic carbocycles. The maximum atomic E-state index is 14.1. The van der Waals surface area contributed by atoms with Crippen molar-refractivity contribution in [3.63, 3.8) is 0 Å². The number of benzene rings is 2. The first-order valence-corrected chi connectivity index (χ1v) is 10.2. The van der Waals surface area contributed by atoms with Crippen molar-refractivity contribution >= 4 is 23.7 Å². The lowest BCUT2D eigenvalue weighted by molar-refractivity contribution is -0.144. The molecule has 1 aromatic heterocycles. The molecule has 0 aliphatic rings. The Hall–Kier alpha value is -4.50. The van der Waals surface area contributed by atoms with Crippen molar-refractivity contribution in [1.29, 1.82) is 0 Å². The van der Waals surface area contributed by atoms with Gasteiger partial charge in [0.15, 0.2) is 6.17 Å². The minimum Gasteiger partial charge on any atom is -0.478 e. The summed E-state index contributed by atoms with van der Waals surface area (Å²) in [7, 11) is 0. The number of aromatic carboxylic acids is 1. The summed E-state index contributed by atoms with van der Waals surface area (Å²) in [6.07, 6.45) is -10.6. The second kappa shape index (κ2) is 11.7. The van der Waals surface area contributed by atoms with Crippen LogP contribution in [0, 0.1) is 12.7 Å². The molecule has 0 radical (unpaired) electrons. The maximum Gasteiger partial charge on any atom is 0.453 e. The lowest BCUT2D eigenvalue weighted by Crippen LogP contribution is -2.16. The number of nitrogens with two attached hydrogens (primary N) is 1. The highest BCUT2D eigenvalue weighted by Crippen LogP contribution is 2.30. The monoisotopic (exact) mass is 549 g/mol. The van der Waals surface area contributed by atoms with E-state index in [4.69, 9.17) is 10.8 Å². The number of halogens is 7. The summed E-state index contributed by atoms with van der Waals surface area (Å²) in [5.41, 5.74) is 3.48. The topological polar surface area (TPSA) is 140 Å². The van der Waals surface area contributed by atoms with Gasteiger partial charge >= 0.3 is 12.1 Å². The molecule has 0 aliphatic heterocycles. The summed E-state index contributed by atoms with van der Waals surface area (Å²) >= 11 is 0. The second-order valence-electron chi connectivity index (χ2n) is 7.46. The largest absolute Gasteiger partial charge is 0.478 e. The summed E-state index contributed by atoms with van der Waals surface area (Å²) in [6, 6.07) is 6.79. The van der Waals surface area contributed by atoms with Gasteiger partial charge in [0.05, 0.1) is 5.56 Å². The van der Waals surface area contributed by atoms with Gasteiger partial charge in [-0.3, -0.25) is 14.9 Å². The molecule has 1 unspecified atom stereocenters. The molecule has 1 heterocycles. The smallest absolute Gasteiger partial charge is 0.453 e. The SMILES string of the molecule is CC(=O)Nc1nc(C(F)(F)F)nn1-c1cc(C(=O)O)c(C)cc1F.NC(=O)c1ccccc1C(F)C(F)F. The predicted octanol–water partition coefficient (Wildman–Crippen LogP) is 4.45. The van der Waals surface area contributed by atoms with Gasteiger partial charge in [-0.05, 0) is 30.7 Å². The van der Waals surface area contributed by atoms with Crippen molar-refractivity contribution < 1.29 is 50.2 Å².